The zero-order valence-corrected chi connectivity index (χ0v) is 19.0. The van der Waals surface area contributed by atoms with E-state index in [2.05, 4.69) is 55.2 Å². The number of ketones is 1. The summed E-state index contributed by atoms with van der Waals surface area (Å²) >= 11 is 0. The molecule has 0 aliphatic heterocycles. The Hall–Kier alpha value is -2.59. The van der Waals surface area contributed by atoms with E-state index in [0.717, 1.165) is 67.9 Å². The van der Waals surface area contributed by atoms with Crippen LogP contribution in [0.4, 0.5) is 11.4 Å². The van der Waals surface area contributed by atoms with Crippen molar-refractivity contribution in [2.45, 2.75) is 33.1 Å². The Labute approximate surface area is 182 Å². The molecule has 0 saturated carbocycles. The second kappa shape index (κ2) is 12.9. The molecule has 0 bridgehead atoms. The molecule has 0 amide bonds. The predicted molar refractivity (Wildman–Crippen MR) is 131 cm³/mol. The topological polar surface area (TPSA) is 35.6 Å². The lowest BCUT2D eigenvalue weighted by Gasteiger charge is -2.24. The average Bonchev–Trinajstić information content (AvgIpc) is 2.75. The summed E-state index contributed by atoms with van der Waals surface area (Å²) in [7, 11) is 4.17. The summed E-state index contributed by atoms with van der Waals surface area (Å²) < 4.78 is 0. The molecule has 1 N–H and O–H groups in total. The number of para-hydroxylation sites is 1. The van der Waals surface area contributed by atoms with Crippen LogP contribution in [0.3, 0.4) is 0 Å². The molecule has 0 aromatic heterocycles. The number of allylic oxidation sites excluding steroid dienone is 1. The van der Waals surface area contributed by atoms with Crippen molar-refractivity contribution in [2.24, 2.45) is 0 Å². The molecule has 30 heavy (non-hydrogen) atoms. The second-order valence-electron chi connectivity index (χ2n) is 7.91. The smallest absolute Gasteiger partial charge is 0.185 e. The summed E-state index contributed by atoms with van der Waals surface area (Å²) in [4.78, 5) is 17.4. The highest BCUT2D eigenvalue weighted by atomic mass is 16.1. The van der Waals surface area contributed by atoms with Gasteiger partial charge in [-0.3, -0.25) is 4.79 Å². The number of rotatable bonds is 13. The van der Waals surface area contributed by atoms with Crippen LogP contribution in [0.5, 0.6) is 0 Å². The summed E-state index contributed by atoms with van der Waals surface area (Å²) in [5.74, 6) is 0.0345. The maximum atomic E-state index is 12.8. The van der Waals surface area contributed by atoms with Gasteiger partial charge < -0.3 is 15.1 Å². The molecule has 0 saturated heterocycles. The minimum atomic E-state index is 0.0345. The number of nitrogens with one attached hydrogen (secondary N) is 1. The zero-order valence-electron chi connectivity index (χ0n) is 19.0. The van der Waals surface area contributed by atoms with Crippen LogP contribution in [-0.4, -0.2) is 51.0 Å². The van der Waals surface area contributed by atoms with Gasteiger partial charge in [-0.25, -0.2) is 0 Å². The van der Waals surface area contributed by atoms with Crippen molar-refractivity contribution in [3.8, 4) is 0 Å². The average molecular weight is 408 g/mol. The van der Waals surface area contributed by atoms with Crippen molar-refractivity contribution in [1.82, 2.24) is 4.90 Å². The van der Waals surface area contributed by atoms with Gasteiger partial charge >= 0.3 is 0 Å². The summed E-state index contributed by atoms with van der Waals surface area (Å²) in [6, 6.07) is 16.1. The molecule has 0 unspecified atom stereocenters. The van der Waals surface area contributed by atoms with Gasteiger partial charge in [0.15, 0.2) is 5.78 Å². The Morgan fingerprint density at radius 1 is 0.967 bits per heavy atom. The van der Waals surface area contributed by atoms with Crippen molar-refractivity contribution in [3.63, 3.8) is 0 Å². The molecule has 0 radical (unpaired) electrons. The zero-order chi connectivity index (χ0) is 21.8. The molecule has 0 aliphatic carbocycles. The Morgan fingerprint density at radius 3 is 2.40 bits per heavy atom. The van der Waals surface area contributed by atoms with Crippen molar-refractivity contribution in [2.75, 3.05) is 50.5 Å². The molecule has 2 aromatic rings. The highest BCUT2D eigenvalue weighted by Crippen LogP contribution is 2.20. The lowest BCUT2D eigenvalue weighted by molar-refractivity contribution is 0.104. The van der Waals surface area contributed by atoms with E-state index in [0.29, 0.717) is 0 Å². The molecule has 0 fully saturated rings. The van der Waals surface area contributed by atoms with E-state index in [4.69, 9.17) is 0 Å². The van der Waals surface area contributed by atoms with Gasteiger partial charge in [-0.1, -0.05) is 44.2 Å². The fourth-order valence-corrected chi connectivity index (χ4v) is 3.45. The second-order valence-corrected chi connectivity index (χ2v) is 7.91. The van der Waals surface area contributed by atoms with E-state index in [1.54, 1.807) is 6.08 Å². The number of hydrogen-bond acceptors (Lipinski definition) is 4. The number of anilines is 2. The first-order valence-electron chi connectivity index (χ1n) is 11.1. The molecule has 0 aliphatic rings. The van der Waals surface area contributed by atoms with Crippen molar-refractivity contribution in [1.29, 1.82) is 0 Å². The number of nitrogens with zero attached hydrogens (tertiary/aromatic N) is 2. The molecule has 0 spiro atoms. The lowest BCUT2D eigenvalue weighted by Crippen LogP contribution is -2.24. The maximum Gasteiger partial charge on any atom is 0.185 e. The van der Waals surface area contributed by atoms with Crippen LogP contribution in [0.1, 0.15) is 49.0 Å². The van der Waals surface area contributed by atoms with Crippen molar-refractivity contribution in [3.05, 3.63) is 65.7 Å². The van der Waals surface area contributed by atoms with Gasteiger partial charge in [0.25, 0.3) is 0 Å². The Bertz CT molecular complexity index is 807. The predicted octanol–water partition coefficient (Wildman–Crippen LogP) is 5.57. The fraction of sp³-hybridized carbons (Fsp3) is 0.423. The number of benzene rings is 2. The minimum absolute atomic E-state index is 0.0345. The summed E-state index contributed by atoms with van der Waals surface area (Å²) in [5.41, 5.74) is 3.95. The molecule has 4 heteroatoms. The Kier molecular flexibility index (Phi) is 10.2. The lowest BCUT2D eigenvalue weighted by atomic mass is 10.1. The van der Waals surface area contributed by atoms with Gasteiger partial charge in [-0.15, -0.1) is 0 Å². The van der Waals surface area contributed by atoms with Crippen LogP contribution in [0.15, 0.2) is 54.6 Å². The van der Waals surface area contributed by atoms with Gasteiger partial charge in [-0.2, -0.15) is 0 Å². The van der Waals surface area contributed by atoms with Crippen LogP contribution >= 0.6 is 0 Å². The molecule has 4 nitrogen and oxygen atoms in total. The van der Waals surface area contributed by atoms with E-state index < -0.39 is 0 Å². The highest BCUT2D eigenvalue weighted by Gasteiger charge is 2.08. The van der Waals surface area contributed by atoms with Gasteiger partial charge in [0.05, 0.1) is 0 Å². The summed E-state index contributed by atoms with van der Waals surface area (Å²) in [5, 5.41) is 3.49. The first-order chi connectivity index (χ1) is 14.5. The summed E-state index contributed by atoms with van der Waals surface area (Å²) in [6.07, 6.45) is 6.86. The third-order valence-electron chi connectivity index (χ3n) is 4.96. The Morgan fingerprint density at radius 2 is 1.70 bits per heavy atom. The molecule has 162 valence electrons. The fourth-order valence-electron chi connectivity index (χ4n) is 3.45. The standard InChI is InChI=1S/C26H37N3O/c1-5-18-29(19-6-2)24-13-9-12-23(21-24)26(30)16-15-22-11-7-8-14-25(22)27-17-10-20-28(3)4/h7-9,11-16,21,27H,5-6,10,17-20H2,1-4H3. The Balaban J connectivity index is 2.08. The largest absolute Gasteiger partial charge is 0.385 e. The van der Waals surface area contributed by atoms with Gasteiger partial charge in [0.1, 0.15) is 0 Å². The van der Waals surface area contributed by atoms with Crippen molar-refractivity contribution >= 4 is 23.2 Å². The minimum Gasteiger partial charge on any atom is -0.385 e. The molecular formula is C26H37N3O. The van der Waals surface area contributed by atoms with E-state index in [9.17, 15) is 4.79 Å². The normalized spacial score (nSPS) is 11.2. The molecule has 2 rings (SSSR count). The van der Waals surface area contributed by atoms with Gasteiger partial charge in [0.2, 0.25) is 0 Å². The van der Waals surface area contributed by atoms with Crippen LogP contribution in [-0.2, 0) is 0 Å². The summed E-state index contributed by atoms with van der Waals surface area (Å²) in [6.45, 7) is 8.35. The molecule has 2 aromatic carbocycles. The molecule has 0 atom stereocenters. The first-order valence-corrected chi connectivity index (χ1v) is 11.1. The van der Waals surface area contributed by atoms with Crippen LogP contribution in [0.2, 0.25) is 0 Å². The van der Waals surface area contributed by atoms with Gasteiger partial charge in [0, 0.05) is 36.6 Å². The SMILES string of the molecule is CCCN(CCC)c1cccc(C(=O)C=Cc2ccccc2NCCCN(C)C)c1. The van der Waals surface area contributed by atoms with E-state index in [1.165, 1.54) is 0 Å². The first kappa shape index (κ1) is 23.7. The third kappa shape index (κ3) is 7.68. The van der Waals surface area contributed by atoms with E-state index in [-0.39, 0.29) is 5.78 Å². The monoisotopic (exact) mass is 407 g/mol. The molecular weight excluding hydrogens is 370 g/mol. The van der Waals surface area contributed by atoms with Crippen LogP contribution < -0.4 is 10.2 Å². The number of hydrogen-bond donors (Lipinski definition) is 1. The van der Waals surface area contributed by atoms with Crippen molar-refractivity contribution < 1.29 is 4.79 Å². The number of carbonyl (C=O) groups excluding carboxylic acids is 1. The van der Waals surface area contributed by atoms with Crippen LogP contribution in [0.25, 0.3) is 6.08 Å². The number of carbonyl (C=O) groups is 1. The van der Waals surface area contributed by atoms with E-state index >= 15 is 0 Å². The maximum absolute atomic E-state index is 12.8. The molecule has 0 heterocycles. The van der Waals surface area contributed by atoms with Crippen LogP contribution in [0, 0.1) is 0 Å². The van der Waals surface area contributed by atoms with Gasteiger partial charge in [-0.05, 0) is 75.8 Å². The quantitative estimate of drug-likeness (QED) is 0.267. The van der Waals surface area contributed by atoms with E-state index in [1.807, 2.05) is 42.5 Å². The highest BCUT2D eigenvalue weighted by molar-refractivity contribution is 6.07. The third-order valence-corrected chi connectivity index (χ3v) is 4.96.